The highest BCUT2D eigenvalue weighted by atomic mass is 32.2. The Hall–Kier alpha value is -1.47. The highest BCUT2D eigenvalue weighted by Gasteiger charge is 2.31. The van der Waals surface area contributed by atoms with Crippen LogP contribution in [0.25, 0.3) is 0 Å². The number of aryl methyl sites for hydroxylation is 1. The summed E-state index contributed by atoms with van der Waals surface area (Å²) >= 11 is 1.35. The molecule has 0 radical (unpaired) electrons. The molecule has 0 unspecified atom stereocenters. The smallest absolute Gasteiger partial charge is 0.184 e. The molecule has 0 fully saturated rings. The van der Waals surface area contributed by atoms with E-state index >= 15 is 0 Å². The third-order valence-corrected chi connectivity index (χ3v) is 6.39. The van der Waals surface area contributed by atoms with Gasteiger partial charge in [0.05, 0.1) is 4.90 Å². The molecule has 0 aliphatic carbocycles. The molecule has 0 spiro atoms. The van der Waals surface area contributed by atoms with Crippen molar-refractivity contribution >= 4 is 21.2 Å². The summed E-state index contributed by atoms with van der Waals surface area (Å²) in [5, 5.41) is 9.32. The van der Waals surface area contributed by atoms with E-state index in [1.54, 1.807) is 18.2 Å². The second-order valence-corrected chi connectivity index (χ2v) is 9.15. The molecule has 5 nitrogen and oxygen atoms in total. The number of hydrogen-bond donors (Lipinski definition) is 0. The van der Waals surface area contributed by atoms with Gasteiger partial charge in [0, 0.05) is 6.42 Å². The average Bonchev–Trinajstić information content (AvgIpc) is 2.98. The number of hydrogen-bond acceptors (Lipinski definition) is 6. The van der Waals surface area contributed by atoms with Crippen LogP contribution in [-0.4, -0.2) is 24.2 Å². The zero-order valence-corrected chi connectivity index (χ0v) is 14.4. The van der Waals surface area contributed by atoms with Gasteiger partial charge in [-0.05, 0) is 44.0 Å². The predicted molar refractivity (Wildman–Crippen MR) is 85.0 cm³/mol. The highest BCUT2D eigenvalue weighted by Crippen LogP contribution is 2.36. The first-order valence-electron chi connectivity index (χ1n) is 7.15. The molecule has 0 atom stereocenters. The van der Waals surface area contributed by atoms with Gasteiger partial charge in [0.2, 0.25) is 0 Å². The molecular formula is C15H18N2O3S2. The Labute approximate surface area is 134 Å². The summed E-state index contributed by atoms with van der Waals surface area (Å²) in [5.41, 5.74) is 0.664. The van der Waals surface area contributed by atoms with Gasteiger partial charge in [0.25, 0.3) is 0 Å². The average molecular weight is 338 g/mol. The quantitative estimate of drug-likeness (QED) is 0.857. The maximum absolute atomic E-state index is 12.6. The first-order valence-corrected chi connectivity index (χ1v) is 9.62. The van der Waals surface area contributed by atoms with E-state index in [-0.39, 0.29) is 11.4 Å². The van der Waals surface area contributed by atoms with E-state index < -0.39 is 9.84 Å². The topological polar surface area (TPSA) is 69.2 Å². The van der Waals surface area contributed by atoms with Gasteiger partial charge < -0.3 is 4.74 Å². The van der Waals surface area contributed by atoms with E-state index in [2.05, 4.69) is 10.2 Å². The molecule has 118 valence electrons. The van der Waals surface area contributed by atoms with Crippen LogP contribution in [0.1, 0.15) is 36.3 Å². The minimum atomic E-state index is -3.41. The summed E-state index contributed by atoms with van der Waals surface area (Å²) < 4.78 is 30.9. The molecule has 0 saturated carbocycles. The molecule has 1 aromatic carbocycles. The molecule has 1 aliphatic rings. The SMILES string of the molecule is CCc1nnc(CS(=O)(=O)c2ccc3c(c2)CC(C)(C)O3)s1. The predicted octanol–water partition coefficient (Wildman–Crippen LogP) is 2.79. The molecule has 1 aliphatic heterocycles. The maximum atomic E-state index is 12.6. The molecular weight excluding hydrogens is 320 g/mol. The lowest BCUT2D eigenvalue weighted by molar-refractivity contribution is 0.138. The van der Waals surface area contributed by atoms with Crippen LogP contribution in [0, 0.1) is 0 Å². The number of rotatable bonds is 4. The molecule has 3 rings (SSSR count). The van der Waals surface area contributed by atoms with Crippen LogP contribution in [0.2, 0.25) is 0 Å². The van der Waals surface area contributed by atoms with Gasteiger partial charge in [-0.2, -0.15) is 0 Å². The van der Waals surface area contributed by atoms with E-state index in [1.807, 2.05) is 20.8 Å². The molecule has 0 bridgehead atoms. The van der Waals surface area contributed by atoms with E-state index in [0.717, 1.165) is 22.7 Å². The fraction of sp³-hybridized carbons (Fsp3) is 0.467. The monoisotopic (exact) mass is 338 g/mol. The summed E-state index contributed by atoms with van der Waals surface area (Å²) in [6.45, 7) is 5.96. The van der Waals surface area contributed by atoms with Crippen molar-refractivity contribution in [3.8, 4) is 5.75 Å². The van der Waals surface area contributed by atoms with Crippen LogP contribution < -0.4 is 4.74 Å². The number of ether oxygens (including phenoxy) is 1. The number of sulfone groups is 1. The fourth-order valence-corrected chi connectivity index (χ4v) is 4.94. The van der Waals surface area contributed by atoms with Crippen LogP contribution in [0.15, 0.2) is 23.1 Å². The molecule has 22 heavy (non-hydrogen) atoms. The minimum absolute atomic E-state index is 0.103. The van der Waals surface area contributed by atoms with Crippen LogP contribution >= 0.6 is 11.3 Å². The molecule has 2 heterocycles. The Kier molecular flexibility index (Phi) is 3.72. The van der Waals surface area contributed by atoms with E-state index in [1.165, 1.54) is 11.3 Å². The number of aromatic nitrogens is 2. The standard InChI is InChI=1S/C15H18N2O3S2/c1-4-13-16-17-14(21-13)9-22(18,19)11-5-6-12-10(7-11)8-15(2,3)20-12/h5-7H,4,8-9H2,1-3H3. The Balaban J connectivity index is 1.87. The maximum Gasteiger partial charge on any atom is 0.184 e. The van der Waals surface area contributed by atoms with Crippen molar-refractivity contribution in [3.63, 3.8) is 0 Å². The molecule has 0 N–H and O–H groups in total. The molecule has 7 heteroatoms. The van der Waals surface area contributed by atoms with E-state index in [0.29, 0.717) is 16.3 Å². The largest absolute Gasteiger partial charge is 0.487 e. The number of nitrogens with zero attached hydrogens (tertiary/aromatic N) is 2. The Morgan fingerprint density at radius 2 is 2.00 bits per heavy atom. The zero-order chi connectivity index (χ0) is 16.0. The van der Waals surface area contributed by atoms with Crippen molar-refractivity contribution in [1.29, 1.82) is 0 Å². The Bertz CT molecular complexity index is 810. The van der Waals surface area contributed by atoms with Crippen molar-refractivity contribution in [2.45, 2.75) is 49.9 Å². The molecule has 2 aromatic rings. The third-order valence-electron chi connectivity index (χ3n) is 3.52. The summed E-state index contributed by atoms with van der Waals surface area (Å²) in [5.74, 6) is 0.668. The number of benzene rings is 1. The lowest BCUT2D eigenvalue weighted by Crippen LogP contribution is -2.24. The van der Waals surface area contributed by atoms with Gasteiger partial charge in [-0.3, -0.25) is 0 Å². The van der Waals surface area contributed by atoms with Gasteiger partial charge in [0.15, 0.2) is 9.84 Å². The van der Waals surface area contributed by atoms with Crippen molar-refractivity contribution in [1.82, 2.24) is 10.2 Å². The van der Waals surface area contributed by atoms with Gasteiger partial charge in [-0.25, -0.2) is 8.42 Å². The molecule has 1 aromatic heterocycles. The molecule has 0 amide bonds. The van der Waals surface area contributed by atoms with Crippen LogP contribution in [-0.2, 0) is 28.4 Å². The summed E-state index contributed by atoms with van der Waals surface area (Å²) in [6, 6.07) is 5.08. The van der Waals surface area contributed by atoms with Gasteiger partial charge in [-0.15, -0.1) is 21.5 Å². The van der Waals surface area contributed by atoms with Crippen molar-refractivity contribution in [2.75, 3.05) is 0 Å². The van der Waals surface area contributed by atoms with Crippen LogP contribution in [0.3, 0.4) is 0 Å². The van der Waals surface area contributed by atoms with Gasteiger partial charge in [-0.1, -0.05) is 6.92 Å². The van der Waals surface area contributed by atoms with Gasteiger partial charge >= 0.3 is 0 Å². The highest BCUT2D eigenvalue weighted by molar-refractivity contribution is 7.90. The van der Waals surface area contributed by atoms with Gasteiger partial charge in [0.1, 0.15) is 27.1 Å². The lowest BCUT2D eigenvalue weighted by Gasteiger charge is -2.16. The van der Waals surface area contributed by atoms with Crippen molar-refractivity contribution in [3.05, 3.63) is 33.8 Å². The zero-order valence-electron chi connectivity index (χ0n) is 12.8. The summed E-state index contributed by atoms with van der Waals surface area (Å²) in [6.07, 6.45) is 1.48. The summed E-state index contributed by atoms with van der Waals surface area (Å²) in [4.78, 5) is 0.320. The lowest BCUT2D eigenvalue weighted by atomic mass is 10.0. The second-order valence-electron chi connectivity index (χ2n) is 6.01. The van der Waals surface area contributed by atoms with Crippen molar-refractivity contribution in [2.24, 2.45) is 0 Å². The van der Waals surface area contributed by atoms with Crippen molar-refractivity contribution < 1.29 is 13.2 Å². The minimum Gasteiger partial charge on any atom is -0.487 e. The van der Waals surface area contributed by atoms with E-state index in [9.17, 15) is 8.42 Å². The normalized spacial score (nSPS) is 16.3. The molecule has 0 saturated heterocycles. The fourth-order valence-electron chi connectivity index (χ4n) is 2.51. The first-order chi connectivity index (χ1) is 10.3. The van der Waals surface area contributed by atoms with Crippen LogP contribution in [0.4, 0.5) is 0 Å². The Morgan fingerprint density at radius 3 is 2.68 bits per heavy atom. The third kappa shape index (κ3) is 3.01. The Morgan fingerprint density at radius 1 is 1.27 bits per heavy atom. The van der Waals surface area contributed by atoms with Crippen LogP contribution in [0.5, 0.6) is 5.75 Å². The van der Waals surface area contributed by atoms with E-state index in [4.69, 9.17) is 4.74 Å². The first kappa shape index (κ1) is 15.4. The second kappa shape index (κ2) is 5.31. The number of fused-ring (bicyclic) bond motifs is 1. The summed E-state index contributed by atoms with van der Waals surface area (Å²) in [7, 11) is -3.41.